The van der Waals surface area contributed by atoms with Crippen molar-refractivity contribution in [2.24, 2.45) is 5.92 Å². The Morgan fingerprint density at radius 2 is 1.94 bits per heavy atom. The Bertz CT molecular complexity index is 229. The predicted molar refractivity (Wildman–Crippen MR) is 62.2 cm³/mol. The fraction of sp³-hybridized carbons (Fsp3) is 0.818. The summed E-state index contributed by atoms with van der Waals surface area (Å²) in [7, 11) is 3.84. The van der Waals surface area contributed by atoms with Crippen molar-refractivity contribution < 1.29 is 14.7 Å². The van der Waals surface area contributed by atoms with Crippen LogP contribution < -0.4 is 5.32 Å². The first-order chi connectivity index (χ1) is 7.41. The highest BCUT2D eigenvalue weighted by molar-refractivity contribution is 5.76. The summed E-state index contributed by atoms with van der Waals surface area (Å²) in [5.41, 5.74) is 0. The van der Waals surface area contributed by atoms with E-state index in [4.69, 9.17) is 5.11 Å². The molecular formula is C11H22N2O3. The van der Waals surface area contributed by atoms with Crippen molar-refractivity contribution >= 4 is 11.9 Å². The maximum Gasteiger partial charge on any atom is 0.303 e. The second-order valence-electron chi connectivity index (χ2n) is 4.39. The Morgan fingerprint density at radius 3 is 2.44 bits per heavy atom. The smallest absolute Gasteiger partial charge is 0.303 e. The van der Waals surface area contributed by atoms with Gasteiger partial charge < -0.3 is 15.3 Å². The molecule has 0 bridgehead atoms. The summed E-state index contributed by atoms with van der Waals surface area (Å²) in [6, 6.07) is 0. The van der Waals surface area contributed by atoms with Crippen molar-refractivity contribution in [3.8, 4) is 0 Å². The number of amides is 1. The molecule has 2 N–H and O–H groups in total. The Morgan fingerprint density at radius 1 is 1.31 bits per heavy atom. The number of aliphatic carboxylic acids is 1. The zero-order chi connectivity index (χ0) is 12.6. The van der Waals surface area contributed by atoms with Crippen LogP contribution in [-0.4, -0.2) is 49.1 Å². The molecule has 0 aromatic rings. The third-order valence-electron chi connectivity index (χ3n) is 2.28. The van der Waals surface area contributed by atoms with E-state index in [1.807, 2.05) is 25.9 Å². The van der Waals surface area contributed by atoms with Crippen LogP contribution >= 0.6 is 0 Å². The van der Waals surface area contributed by atoms with Gasteiger partial charge in [0, 0.05) is 25.9 Å². The zero-order valence-corrected chi connectivity index (χ0v) is 10.3. The van der Waals surface area contributed by atoms with E-state index in [9.17, 15) is 9.59 Å². The maximum absolute atomic E-state index is 11.3. The van der Waals surface area contributed by atoms with Gasteiger partial charge in [0.25, 0.3) is 0 Å². The summed E-state index contributed by atoms with van der Waals surface area (Å²) in [6.45, 7) is 3.23. The monoisotopic (exact) mass is 230 g/mol. The molecule has 0 aliphatic rings. The molecule has 0 rings (SSSR count). The van der Waals surface area contributed by atoms with Crippen molar-refractivity contribution in [2.75, 3.05) is 27.2 Å². The fourth-order valence-electron chi connectivity index (χ4n) is 1.17. The Balaban J connectivity index is 3.54. The zero-order valence-electron chi connectivity index (χ0n) is 10.3. The van der Waals surface area contributed by atoms with Crippen LogP contribution in [0.5, 0.6) is 0 Å². The third kappa shape index (κ3) is 9.45. The average Bonchev–Trinajstić information content (AvgIpc) is 2.20. The minimum absolute atomic E-state index is 0.0240. The minimum Gasteiger partial charge on any atom is -0.481 e. The molecule has 16 heavy (non-hydrogen) atoms. The van der Waals surface area contributed by atoms with E-state index >= 15 is 0 Å². The molecule has 1 amide bonds. The summed E-state index contributed by atoms with van der Waals surface area (Å²) in [5, 5.41) is 11.3. The highest BCUT2D eigenvalue weighted by Crippen LogP contribution is 2.03. The van der Waals surface area contributed by atoms with Crippen LogP contribution in [0.3, 0.4) is 0 Å². The van der Waals surface area contributed by atoms with Crippen molar-refractivity contribution in [1.29, 1.82) is 0 Å². The van der Waals surface area contributed by atoms with Crippen LogP contribution in [0.2, 0.25) is 0 Å². The van der Waals surface area contributed by atoms with Gasteiger partial charge in [-0.2, -0.15) is 0 Å². The van der Waals surface area contributed by atoms with Gasteiger partial charge in [0.2, 0.25) is 5.91 Å². The largest absolute Gasteiger partial charge is 0.481 e. The first-order valence-electron chi connectivity index (χ1n) is 5.55. The van der Waals surface area contributed by atoms with Gasteiger partial charge in [-0.3, -0.25) is 9.59 Å². The van der Waals surface area contributed by atoms with Gasteiger partial charge in [-0.15, -0.1) is 0 Å². The molecule has 1 unspecified atom stereocenters. The number of carbonyl (C=O) groups is 2. The van der Waals surface area contributed by atoms with Gasteiger partial charge >= 0.3 is 5.97 Å². The molecule has 1 atom stereocenters. The molecule has 0 spiro atoms. The fourth-order valence-corrected chi connectivity index (χ4v) is 1.17. The number of nitrogens with zero attached hydrogens (tertiary/aromatic N) is 1. The van der Waals surface area contributed by atoms with E-state index in [2.05, 4.69) is 5.32 Å². The third-order valence-corrected chi connectivity index (χ3v) is 2.28. The Kier molecular flexibility index (Phi) is 7.54. The van der Waals surface area contributed by atoms with Crippen molar-refractivity contribution in [2.45, 2.75) is 26.2 Å². The molecule has 0 aromatic heterocycles. The van der Waals surface area contributed by atoms with Crippen molar-refractivity contribution in [3.63, 3.8) is 0 Å². The van der Waals surface area contributed by atoms with Crippen molar-refractivity contribution in [3.05, 3.63) is 0 Å². The van der Waals surface area contributed by atoms with Gasteiger partial charge in [0.15, 0.2) is 0 Å². The summed E-state index contributed by atoms with van der Waals surface area (Å²) in [4.78, 5) is 23.6. The van der Waals surface area contributed by atoms with Crippen LogP contribution in [0.1, 0.15) is 26.2 Å². The van der Waals surface area contributed by atoms with Crippen LogP contribution in [-0.2, 0) is 9.59 Å². The lowest BCUT2D eigenvalue weighted by atomic mass is 10.1. The van der Waals surface area contributed by atoms with E-state index in [0.29, 0.717) is 19.4 Å². The lowest BCUT2D eigenvalue weighted by molar-refractivity contribution is -0.137. The molecule has 0 aliphatic heterocycles. The Labute approximate surface area is 96.8 Å². The van der Waals surface area contributed by atoms with E-state index in [-0.39, 0.29) is 18.2 Å². The van der Waals surface area contributed by atoms with Gasteiger partial charge in [0.1, 0.15) is 0 Å². The summed E-state index contributed by atoms with van der Waals surface area (Å²) < 4.78 is 0. The van der Waals surface area contributed by atoms with E-state index < -0.39 is 5.97 Å². The molecule has 5 nitrogen and oxygen atoms in total. The van der Waals surface area contributed by atoms with Gasteiger partial charge in [-0.05, 0) is 26.4 Å². The van der Waals surface area contributed by atoms with Crippen LogP contribution in [0.15, 0.2) is 0 Å². The van der Waals surface area contributed by atoms with E-state index in [1.165, 1.54) is 0 Å². The van der Waals surface area contributed by atoms with Gasteiger partial charge in [-0.25, -0.2) is 0 Å². The number of nitrogens with one attached hydrogen (secondary N) is 1. The second-order valence-corrected chi connectivity index (χ2v) is 4.39. The maximum atomic E-state index is 11.3. The number of carboxylic acid groups (broad SMARTS) is 1. The van der Waals surface area contributed by atoms with Crippen LogP contribution in [0, 0.1) is 5.92 Å². The van der Waals surface area contributed by atoms with E-state index in [1.54, 1.807) is 0 Å². The quantitative estimate of drug-likeness (QED) is 0.639. The molecule has 94 valence electrons. The normalized spacial score (nSPS) is 12.5. The SMILES string of the molecule is CC(CCC(=O)O)CNC(=O)CCN(C)C. The molecule has 0 fully saturated rings. The molecule has 0 heterocycles. The molecule has 0 aliphatic carbocycles. The van der Waals surface area contributed by atoms with Gasteiger partial charge in [-0.1, -0.05) is 6.92 Å². The highest BCUT2D eigenvalue weighted by Gasteiger charge is 2.07. The highest BCUT2D eigenvalue weighted by atomic mass is 16.4. The number of carbonyl (C=O) groups excluding carboxylic acids is 1. The van der Waals surface area contributed by atoms with Crippen molar-refractivity contribution in [1.82, 2.24) is 10.2 Å². The number of hydrogen-bond donors (Lipinski definition) is 2. The second kappa shape index (κ2) is 8.10. The summed E-state index contributed by atoms with van der Waals surface area (Å²) in [6.07, 6.45) is 1.25. The molecule has 0 saturated carbocycles. The predicted octanol–water partition coefficient (Wildman–Crippen LogP) is 0.555. The molecule has 0 saturated heterocycles. The minimum atomic E-state index is -0.786. The van der Waals surface area contributed by atoms with Crippen LogP contribution in [0.4, 0.5) is 0 Å². The topological polar surface area (TPSA) is 69.6 Å². The lowest BCUT2D eigenvalue weighted by Crippen LogP contribution is -2.30. The standard InChI is InChI=1S/C11H22N2O3/c1-9(4-5-11(15)16)8-12-10(14)6-7-13(2)3/h9H,4-8H2,1-3H3,(H,12,14)(H,15,16). The van der Waals surface area contributed by atoms with E-state index in [0.717, 1.165) is 6.54 Å². The average molecular weight is 230 g/mol. The van der Waals surface area contributed by atoms with Crippen LogP contribution in [0.25, 0.3) is 0 Å². The summed E-state index contributed by atoms with van der Waals surface area (Å²) >= 11 is 0. The molecular weight excluding hydrogens is 208 g/mol. The first kappa shape index (κ1) is 14.9. The number of rotatable bonds is 8. The lowest BCUT2D eigenvalue weighted by Gasteiger charge is -2.13. The number of carboxylic acids is 1. The summed E-state index contributed by atoms with van der Waals surface area (Å²) in [5.74, 6) is -0.555. The molecule has 5 heteroatoms. The first-order valence-corrected chi connectivity index (χ1v) is 5.55. The Hall–Kier alpha value is -1.10. The van der Waals surface area contributed by atoms with Gasteiger partial charge in [0.05, 0.1) is 0 Å². The molecule has 0 radical (unpaired) electrons. The molecule has 0 aromatic carbocycles. The number of hydrogen-bond acceptors (Lipinski definition) is 3.